The second-order valence-corrected chi connectivity index (χ2v) is 7.06. The molecule has 2 fully saturated rings. The minimum absolute atomic E-state index is 0.00497. The SMILES string of the molecule is Cc1ccc2c(c1)CCC1C2CCC2C1CC[C@@H]2O. The van der Waals surface area contributed by atoms with Crippen LogP contribution in [0, 0.1) is 24.7 Å². The molecule has 102 valence electrons. The summed E-state index contributed by atoms with van der Waals surface area (Å²) < 4.78 is 0. The third kappa shape index (κ3) is 1.78. The molecular weight excluding hydrogens is 232 g/mol. The number of hydrogen-bond acceptors (Lipinski definition) is 1. The average molecular weight is 256 g/mol. The summed E-state index contributed by atoms with van der Waals surface area (Å²) in [5, 5.41) is 10.1. The molecule has 0 amide bonds. The number of fused-ring (bicyclic) bond motifs is 5. The van der Waals surface area contributed by atoms with Crippen molar-refractivity contribution < 1.29 is 5.11 Å². The molecule has 4 unspecified atom stereocenters. The zero-order valence-corrected chi connectivity index (χ0v) is 11.8. The van der Waals surface area contributed by atoms with Crippen molar-refractivity contribution in [2.24, 2.45) is 17.8 Å². The molecule has 0 aliphatic heterocycles. The maximum atomic E-state index is 10.1. The van der Waals surface area contributed by atoms with Gasteiger partial charge in [-0.25, -0.2) is 0 Å². The van der Waals surface area contributed by atoms with Gasteiger partial charge in [0.25, 0.3) is 0 Å². The molecule has 0 saturated heterocycles. The summed E-state index contributed by atoms with van der Waals surface area (Å²) in [6.45, 7) is 2.20. The topological polar surface area (TPSA) is 20.2 Å². The second kappa shape index (κ2) is 4.34. The van der Waals surface area contributed by atoms with Crippen molar-refractivity contribution in [3.8, 4) is 0 Å². The molecular formula is C18H24O. The molecule has 0 bridgehead atoms. The first kappa shape index (κ1) is 12.0. The Labute approximate surface area is 116 Å². The highest BCUT2D eigenvalue weighted by Crippen LogP contribution is 2.54. The summed E-state index contributed by atoms with van der Waals surface area (Å²) in [5.74, 6) is 3.07. The molecule has 2 saturated carbocycles. The number of aliphatic hydroxyl groups excluding tert-OH is 1. The van der Waals surface area contributed by atoms with E-state index in [9.17, 15) is 5.11 Å². The quantitative estimate of drug-likeness (QED) is 0.748. The molecule has 1 heteroatoms. The second-order valence-electron chi connectivity index (χ2n) is 7.06. The summed E-state index contributed by atoms with van der Waals surface area (Å²) in [6, 6.07) is 7.09. The lowest BCUT2D eigenvalue weighted by atomic mass is 9.60. The molecule has 1 nitrogen and oxygen atoms in total. The van der Waals surface area contributed by atoms with Crippen molar-refractivity contribution in [2.45, 2.75) is 57.5 Å². The normalized spacial score (nSPS) is 40.4. The maximum Gasteiger partial charge on any atom is 0.0571 e. The minimum atomic E-state index is 0.00497. The molecule has 0 heterocycles. The number of aryl methyl sites for hydroxylation is 2. The van der Waals surface area contributed by atoms with Crippen molar-refractivity contribution in [2.75, 3.05) is 0 Å². The van der Waals surface area contributed by atoms with E-state index in [4.69, 9.17) is 0 Å². The van der Waals surface area contributed by atoms with Gasteiger partial charge in [0, 0.05) is 0 Å². The van der Waals surface area contributed by atoms with E-state index in [1.54, 1.807) is 11.1 Å². The highest BCUT2D eigenvalue weighted by atomic mass is 16.3. The molecule has 0 radical (unpaired) electrons. The van der Waals surface area contributed by atoms with Crippen molar-refractivity contribution in [3.63, 3.8) is 0 Å². The van der Waals surface area contributed by atoms with E-state index in [1.165, 1.54) is 37.7 Å². The molecule has 19 heavy (non-hydrogen) atoms. The van der Waals surface area contributed by atoms with Crippen LogP contribution in [0.1, 0.15) is 54.7 Å². The molecule has 3 aliphatic rings. The largest absolute Gasteiger partial charge is 0.393 e. The molecule has 0 aromatic heterocycles. The van der Waals surface area contributed by atoms with Gasteiger partial charge in [-0.3, -0.25) is 0 Å². The van der Waals surface area contributed by atoms with Crippen LogP contribution in [-0.4, -0.2) is 11.2 Å². The number of aliphatic hydroxyl groups is 1. The Kier molecular flexibility index (Phi) is 2.73. The van der Waals surface area contributed by atoms with Crippen molar-refractivity contribution in [1.82, 2.24) is 0 Å². The molecule has 4 rings (SSSR count). The van der Waals surface area contributed by atoms with Gasteiger partial charge in [0.15, 0.2) is 0 Å². The molecule has 1 aromatic carbocycles. The van der Waals surface area contributed by atoms with Crippen LogP contribution in [0.3, 0.4) is 0 Å². The van der Waals surface area contributed by atoms with Crippen molar-refractivity contribution in [3.05, 3.63) is 34.9 Å². The van der Waals surface area contributed by atoms with Gasteiger partial charge in [-0.1, -0.05) is 23.8 Å². The fraction of sp³-hybridized carbons (Fsp3) is 0.667. The number of hydrogen-bond donors (Lipinski definition) is 1. The third-order valence-corrected chi connectivity index (χ3v) is 6.16. The number of benzene rings is 1. The molecule has 0 spiro atoms. The first-order valence-electron chi connectivity index (χ1n) is 8.01. The lowest BCUT2D eigenvalue weighted by Crippen LogP contribution is -2.36. The Morgan fingerprint density at radius 2 is 1.79 bits per heavy atom. The smallest absolute Gasteiger partial charge is 0.0571 e. The van der Waals surface area contributed by atoms with Gasteiger partial charge in [-0.05, 0) is 80.2 Å². The molecule has 5 atom stereocenters. The Morgan fingerprint density at radius 3 is 2.68 bits per heavy atom. The van der Waals surface area contributed by atoms with Gasteiger partial charge in [0.05, 0.1) is 6.10 Å². The Morgan fingerprint density at radius 1 is 0.947 bits per heavy atom. The van der Waals surface area contributed by atoms with Crippen LogP contribution in [0.4, 0.5) is 0 Å². The lowest BCUT2D eigenvalue weighted by molar-refractivity contribution is 0.0566. The zero-order valence-electron chi connectivity index (χ0n) is 11.8. The highest BCUT2D eigenvalue weighted by molar-refractivity contribution is 5.37. The summed E-state index contributed by atoms with van der Waals surface area (Å²) >= 11 is 0. The monoisotopic (exact) mass is 256 g/mol. The lowest BCUT2D eigenvalue weighted by Gasteiger charge is -2.44. The van der Waals surface area contributed by atoms with E-state index < -0.39 is 0 Å². The van der Waals surface area contributed by atoms with Crippen LogP contribution in [0.2, 0.25) is 0 Å². The van der Waals surface area contributed by atoms with Crippen molar-refractivity contribution in [1.29, 1.82) is 0 Å². The van der Waals surface area contributed by atoms with E-state index in [1.807, 2.05) is 0 Å². The summed E-state index contributed by atoms with van der Waals surface area (Å²) in [4.78, 5) is 0. The highest BCUT2D eigenvalue weighted by Gasteiger charge is 2.47. The van der Waals surface area contributed by atoms with E-state index in [-0.39, 0.29) is 6.10 Å². The van der Waals surface area contributed by atoms with Gasteiger partial charge in [0.2, 0.25) is 0 Å². The first-order chi connectivity index (χ1) is 9.24. The van der Waals surface area contributed by atoms with E-state index in [2.05, 4.69) is 25.1 Å². The molecule has 1 aromatic rings. The van der Waals surface area contributed by atoms with Crippen LogP contribution >= 0.6 is 0 Å². The van der Waals surface area contributed by atoms with Gasteiger partial charge in [-0.15, -0.1) is 0 Å². The van der Waals surface area contributed by atoms with Crippen LogP contribution in [0.15, 0.2) is 18.2 Å². The van der Waals surface area contributed by atoms with Crippen LogP contribution < -0.4 is 0 Å². The standard InChI is InChI=1S/C18H24O/c1-11-2-4-13-12(10-11)3-5-15-14(13)6-7-17-16(15)8-9-18(17)19/h2,4,10,14-19H,3,5-9H2,1H3/t14?,15?,16?,17?,18-/m0/s1. The van der Waals surface area contributed by atoms with Gasteiger partial charge < -0.3 is 5.11 Å². The van der Waals surface area contributed by atoms with E-state index in [0.29, 0.717) is 5.92 Å². The predicted molar refractivity (Wildman–Crippen MR) is 77.2 cm³/mol. The van der Waals surface area contributed by atoms with Gasteiger partial charge in [-0.2, -0.15) is 0 Å². The minimum Gasteiger partial charge on any atom is -0.393 e. The summed E-state index contributed by atoms with van der Waals surface area (Å²) in [6.07, 6.45) is 7.50. The third-order valence-electron chi connectivity index (χ3n) is 6.16. The summed E-state index contributed by atoms with van der Waals surface area (Å²) in [5.41, 5.74) is 4.65. The molecule has 3 aliphatic carbocycles. The Bertz CT molecular complexity index is 492. The van der Waals surface area contributed by atoms with Crippen LogP contribution in [0.25, 0.3) is 0 Å². The van der Waals surface area contributed by atoms with Gasteiger partial charge in [0.1, 0.15) is 0 Å². The van der Waals surface area contributed by atoms with Crippen LogP contribution in [0.5, 0.6) is 0 Å². The zero-order chi connectivity index (χ0) is 13.0. The van der Waals surface area contributed by atoms with Crippen LogP contribution in [-0.2, 0) is 6.42 Å². The fourth-order valence-corrected chi connectivity index (χ4v) is 5.34. The Hall–Kier alpha value is -0.820. The predicted octanol–water partition coefficient (Wildman–Crippen LogP) is 3.82. The number of rotatable bonds is 0. The Balaban J connectivity index is 1.68. The fourth-order valence-electron chi connectivity index (χ4n) is 5.34. The van der Waals surface area contributed by atoms with E-state index >= 15 is 0 Å². The summed E-state index contributed by atoms with van der Waals surface area (Å²) in [7, 11) is 0. The molecule has 1 N–H and O–H groups in total. The van der Waals surface area contributed by atoms with Crippen molar-refractivity contribution >= 4 is 0 Å². The van der Waals surface area contributed by atoms with Gasteiger partial charge >= 0.3 is 0 Å². The van der Waals surface area contributed by atoms with E-state index in [0.717, 1.165) is 24.2 Å². The average Bonchev–Trinajstić information content (AvgIpc) is 2.80. The first-order valence-corrected chi connectivity index (χ1v) is 8.01. The maximum absolute atomic E-state index is 10.1.